The number of hydrogen-bond acceptors (Lipinski definition) is 4. The van der Waals surface area contributed by atoms with Gasteiger partial charge in [-0.25, -0.2) is 0 Å². The molecule has 1 aliphatic rings. The van der Waals surface area contributed by atoms with E-state index in [1.54, 1.807) is 14.2 Å². The molecule has 0 radical (unpaired) electrons. The third-order valence-corrected chi connectivity index (χ3v) is 4.36. The average Bonchev–Trinajstić information content (AvgIpc) is 2.72. The maximum Gasteiger partial charge on any atom is 0.161 e. The van der Waals surface area contributed by atoms with Crippen molar-refractivity contribution in [1.82, 2.24) is 0 Å². The number of benzene rings is 2. The SMILES string of the molecule is COc1cc2c(cc1OC)C(Cl)C(C)=NN=C2c1ccccc1. The molecule has 0 saturated carbocycles. The molecule has 23 heavy (non-hydrogen) atoms. The normalized spacial score (nSPS) is 16.8. The maximum absolute atomic E-state index is 6.58. The van der Waals surface area contributed by atoms with Crippen molar-refractivity contribution in [3.63, 3.8) is 0 Å². The van der Waals surface area contributed by atoms with Gasteiger partial charge in [-0.15, -0.1) is 16.7 Å². The number of hydrogen-bond donors (Lipinski definition) is 0. The number of methoxy groups -OCH3 is 2. The van der Waals surface area contributed by atoms with E-state index in [1.807, 2.05) is 49.4 Å². The van der Waals surface area contributed by atoms with Crippen LogP contribution in [0.2, 0.25) is 0 Å². The minimum Gasteiger partial charge on any atom is -0.493 e. The van der Waals surface area contributed by atoms with Gasteiger partial charge in [-0.3, -0.25) is 0 Å². The lowest BCUT2D eigenvalue weighted by Crippen LogP contribution is -2.09. The van der Waals surface area contributed by atoms with Gasteiger partial charge in [-0.05, 0) is 24.6 Å². The fourth-order valence-electron chi connectivity index (χ4n) is 2.58. The van der Waals surface area contributed by atoms with E-state index in [9.17, 15) is 0 Å². The van der Waals surface area contributed by atoms with Crippen LogP contribution in [-0.2, 0) is 0 Å². The molecule has 0 N–H and O–H groups in total. The highest BCUT2D eigenvalue weighted by atomic mass is 35.5. The number of nitrogens with zero attached hydrogens (tertiary/aromatic N) is 2. The molecule has 118 valence electrons. The van der Waals surface area contributed by atoms with Crippen LogP contribution in [0.1, 0.15) is 29.0 Å². The van der Waals surface area contributed by atoms with E-state index in [-0.39, 0.29) is 5.38 Å². The van der Waals surface area contributed by atoms with E-state index in [0.717, 1.165) is 28.1 Å². The summed E-state index contributed by atoms with van der Waals surface area (Å²) in [5.41, 5.74) is 4.29. The minimum atomic E-state index is -0.366. The lowest BCUT2D eigenvalue weighted by Gasteiger charge is -2.17. The Balaban J connectivity index is 2.27. The summed E-state index contributed by atoms with van der Waals surface area (Å²) in [5, 5.41) is 8.33. The molecule has 1 heterocycles. The molecule has 0 amide bonds. The predicted octanol–water partition coefficient (Wildman–Crippen LogP) is 4.21. The summed E-state index contributed by atoms with van der Waals surface area (Å²) in [6, 6.07) is 13.7. The third-order valence-electron chi connectivity index (χ3n) is 3.81. The Labute approximate surface area is 140 Å². The standard InChI is InChI=1S/C18H17ClN2O2/c1-11-17(19)13-9-15(22-2)16(23-3)10-14(13)18(21-20-11)12-7-5-4-6-8-12/h4-10,17H,1-3H3. The molecule has 2 aromatic rings. The molecule has 0 aromatic heterocycles. The molecule has 1 atom stereocenters. The second kappa shape index (κ2) is 6.42. The molecule has 0 saturated heterocycles. The first-order chi connectivity index (χ1) is 11.2. The summed E-state index contributed by atoms with van der Waals surface area (Å²) in [4.78, 5) is 0. The molecule has 2 aromatic carbocycles. The number of halogens is 1. The van der Waals surface area contributed by atoms with Crippen LogP contribution in [0.25, 0.3) is 0 Å². The summed E-state index contributed by atoms with van der Waals surface area (Å²) in [5.74, 6) is 1.28. The summed E-state index contributed by atoms with van der Waals surface area (Å²) in [7, 11) is 3.22. The number of ether oxygens (including phenoxy) is 2. The molecule has 5 heteroatoms. The lowest BCUT2D eigenvalue weighted by molar-refractivity contribution is 0.354. The van der Waals surface area contributed by atoms with Gasteiger partial charge in [-0.1, -0.05) is 30.3 Å². The van der Waals surface area contributed by atoms with E-state index in [4.69, 9.17) is 21.1 Å². The van der Waals surface area contributed by atoms with Gasteiger partial charge < -0.3 is 9.47 Å². The molecular weight excluding hydrogens is 312 g/mol. The van der Waals surface area contributed by atoms with Gasteiger partial charge in [0.25, 0.3) is 0 Å². The zero-order valence-electron chi connectivity index (χ0n) is 13.2. The zero-order chi connectivity index (χ0) is 16.4. The highest BCUT2D eigenvalue weighted by Gasteiger charge is 2.25. The second-order valence-electron chi connectivity index (χ2n) is 5.21. The largest absolute Gasteiger partial charge is 0.493 e. The molecule has 0 spiro atoms. The average molecular weight is 329 g/mol. The van der Waals surface area contributed by atoms with Crippen LogP contribution in [0.3, 0.4) is 0 Å². The topological polar surface area (TPSA) is 43.2 Å². The Morgan fingerprint density at radius 2 is 1.61 bits per heavy atom. The van der Waals surface area contributed by atoms with Gasteiger partial charge in [-0.2, -0.15) is 5.10 Å². The van der Waals surface area contributed by atoms with Crippen molar-refractivity contribution in [2.75, 3.05) is 14.2 Å². The highest BCUT2D eigenvalue weighted by Crippen LogP contribution is 2.38. The van der Waals surface area contributed by atoms with Crippen LogP contribution in [0.15, 0.2) is 52.7 Å². The van der Waals surface area contributed by atoms with Crippen LogP contribution in [-0.4, -0.2) is 25.6 Å². The Morgan fingerprint density at radius 3 is 2.26 bits per heavy atom. The van der Waals surface area contributed by atoms with Crippen molar-refractivity contribution in [2.24, 2.45) is 10.2 Å². The Bertz CT molecular complexity index is 785. The quantitative estimate of drug-likeness (QED) is 0.792. The van der Waals surface area contributed by atoms with E-state index < -0.39 is 0 Å². The van der Waals surface area contributed by atoms with Crippen molar-refractivity contribution in [1.29, 1.82) is 0 Å². The molecule has 3 rings (SSSR count). The van der Waals surface area contributed by atoms with Crippen LogP contribution in [0, 0.1) is 0 Å². The van der Waals surface area contributed by atoms with Gasteiger partial charge in [0.2, 0.25) is 0 Å². The van der Waals surface area contributed by atoms with Gasteiger partial charge in [0, 0.05) is 11.1 Å². The molecule has 1 unspecified atom stereocenters. The summed E-state index contributed by atoms with van der Waals surface area (Å²) in [6.45, 7) is 1.87. The van der Waals surface area contributed by atoms with E-state index in [2.05, 4.69) is 10.2 Å². The molecule has 0 fully saturated rings. The Morgan fingerprint density at radius 1 is 0.957 bits per heavy atom. The van der Waals surface area contributed by atoms with E-state index >= 15 is 0 Å². The first-order valence-corrected chi connectivity index (χ1v) is 7.67. The Kier molecular flexibility index (Phi) is 4.35. The zero-order valence-corrected chi connectivity index (χ0v) is 14.0. The molecule has 0 aliphatic carbocycles. The smallest absolute Gasteiger partial charge is 0.161 e. The second-order valence-corrected chi connectivity index (χ2v) is 5.65. The predicted molar refractivity (Wildman–Crippen MR) is 93.3 cm³/mol. The molecule has 1 aliphatic heterocycles. The third kappa shape index (κ3) is 2.82. The van der Waals surface area contributed by atoms with Crippen LogP contribution >= 0.6 is 11.6 Å². The van der Waals surface area contributed by atoms with E-state index in [1.165, 1.54) is 0 Å². The summed E-state index contributed by atoms with van der Waals surface area (Å²) >= 11 is 6.58. The first kappa shape index (κ1) is 15.6. The van der Waals surface area contributed by atoms with Crippen LogP contribution in [0.5, 0.6) is 11.5 Å². The number of fused-ring (bicyclic) bond motifs is 1. The van der Waals surface area contributed by atoms with Gasteiger partial charge in [0.1, 0.15) is 5.71 Å². The van der Waals surface area contributed by atoms with Crippen LogP contribution in [0.4, 0.5) is 0 Å². The lowest BCUT2D eigenvalue weighted by atomic mass is 9.94. The fourth-order valence-corrected chi connectivity index (χ4v) is 2.80. The maximum atomic E-state index is 6.58. The van der Waals surface area contributed by atoms with Gasteiger partial charge in [0.05, 0.1) is 25.3 Å². The number of rotatable bonds is 3. The van der Waals surface area contributed by atoms with Crippen molar-refractivity contribution < 1.29 is 9.47 Å². The summed E-state index contributed by atoms with van der Waals surface area (Å²) in [6.07, 6.45) is 0. The first-order valence-electron chi connectivity index (χ1n) is 7.23. The van der Waals surface area contributed by atoms with Crippen molar-refractivity contribution >= 4 is 23.0 Å². The van der Waals surface area contributed by atoms with Gasteiger partial charge >= 0.3 is 0 Å². The van der Waals surface area contributed by atoms with Crippen LogP contribution < -0.4 is 9.47 Å². The molecule has 0 bridgehead atoms. The number of alkyl halides is 1. The van der Waals surface area contributed by atoms with Crippen molar-refractivity contribution in [3.8, 4) is 11.5 Å². The minimum absolute atomic E-state index is 0.366. The van der Waals surface area contributed by atoms with Gasteiger partial charge in [0.15, 0.2) is 11.5 Å². The Hall–Kier alpha value is -2.33. The van der Waals surface area contributed by atoms with Crippen molar-refractivity contribution in [2.45, 2.75) is 12.3 Å². The fraction of sp³-hybridized carbons (Fsp3) is 0.222. The van der Waals surface area contributed by atoms with Crippen molar-refractivity contribution in [3.05, 3.63) is 59.2 Å². The monoisotopic (exact) mass is 328 g/mol. The molecular formula is C18H17ClN2O2. The highest BCUT2D eigenvalue weighted by molar-refractivity contribution is 6.33. The molecule has 4 nitrogen and oxygen atoms in total. The summed E-state index contributed by atoms with van der Waals surface area (Å²) < 4.78 is 10.8. The van der Waals surface area contributed by atoms with E-state index in [0.29, 0.717) is 11.5 Å².